The first-order valence-electron chi connectivity index (χ1n) is 23.0. The van der Waals surface area contributed by atoms with Crippen LogP contribution in [-0.2, 0) is 19.1 Å². The fourth-order valence-electron chi connectivity index (χ4n) is 7.22. The minimum atomic E-state index is -0.0967. The number of esters is 2. The molecule has 0 aromatic heterocycles. The van der Waals surface area contributed by atoms with Crippen molar-refractivity contribution in [2.75, 3.05) is 53.5 Å². The van der Waals surface area contributed by atoms with E-state index in [0.29, 0.717) is 51.0 Å². The van der Waals surface area contributed by atoms with E-state index in [4.69, 9.17) is 9.47 Å². The summed E-state index contributed by atoms with van der Waals surface area (Å²) in [5.41, 5.74) is 0. The minimum absolute atomic E-state index is 0.0967. The number of rotatable bonds is 41. The van der Waals surface area contributed by atoms with Crippen molar-refractivity contribution in [1.82, 2.24) is 9.80 Å². The quantitative estimate of drug-likeness (QED) is 0.0460. The number of hydrogen-bond acceptors (Lipinski definition) is 6. The number of carbonyl (C=O) groups excluding carboxylic acids is 2. The highest BCUT2D eigenvalue weighted by Crippen LogP contribution is 2.22. The van der Waals surface area contributed by atoms with Crippen LogP contribution in [0.2, 0.25) is 0 Å². The average Bonchev–Trinajstić information content (AvgIpc) is 3.13. The molecule has 0 N–H and O–H groups in total. The van der Waals surface area contributed by atoms with Gasteiger partial charge in [0.2, 0.25) is 0 Å². The van der Waals surface area contributed by atoms with E-state index in [1.54, 1.807) is 0 Å². The summed E-state index contributed by atoms with van der Waals surface area (Å²) in [5.74, 6) is 0.764. The zero-order chi connectivity index (χ0) is 38.3. The van der Waals surface area contributed by atoms with Crippen LogP contribution in [0.4, 0.5) is 0 Å². The van der Waals surface area contributed by atoms with Gasteiger partial charge in [-0.05, 0) is 51.6 Å². The van der Waals surface area contributed by atoms with Crippen LogP contribution < -0.4 is 0 Å². The van der Waals surface area contributed by atoms with Crippen LogP contribution in [0.25, 0.3) is 0 Å². The molecule has 0 amide bonds. The Morgan fingerprint density at radius 1 is 0.404 bits per heavy atom. The first kappa shape index (κ1) is 50.9. The van der Waals surface area contributed by atoms with E-state index in [1.807, 2.05) is 0 Å². The molecule has 0 aliphatic carbocycles. The number of nitrogens with zero attached hydrogens (tertiary/aromatic N) is 2. The van der Waals surface area contributed by atoms with Crippen LogP contribution in [0.15, 0.2) is 0 Å². The Balaban J connectivity index is 4.83. The number of hydrogen-bond donors (Lipinski definition) is 0. The van der Waals surface area contributed by atoms with Gasteiger partial charge in [0.05, 0.1) is 26.1 Å². The lowest BCUT2D eigenvalue weighted by atomic mass is 9.94. The number of likely N-dealkylation sites (N-methyl/N-ethyl adjacent to an activating group) is 1. The molecule has 0 aliphatic heterocycles. The molecule has 0 atom stereocenters. The SMILES string of the molecule is CCCCCCCCC(CCCCCCCC)COC(=O)CCN(CCC(=O)OCC(CCCCCCCC)CCCCCCCC)CCN(C)C. The highest BCUT2D eigenvalue weighted by atomic mass is 16.5. The maximum Gasteiger partial charge on any atom is 0.307 e. The summed E-state index contributed by atoms with van der Waals surface area (Å²) in [4.78, 5) is 30.3. The Labute approximate surface area is 325 Å². The smallest absolute Gasteiger partial charge is 0.307 e. The molecule has 0 radical (unpaired) electrons. The fraction of sp³-hybridized carbons (Fsp3) is 0.957. The van der Waals surface area contributed by atoms with Gasteiger partial charge < -0.3 is 19.3 Å². The normalized spacial score (nSPS) is 11.8. The Morgan fingerprint density at radius 3 is 0.981 bits per heavy atom. The van der Waals surface area contributed by atoms with Gasteiger partial charge in [-0.1, -0.05) is 182 Å². The van der Waals surface area contributed by atoms with Gasteiger partial charge in [0.1, 0.15) is 0 Å². The molecular weight excluding hydrogens is 645 g/mol. The third-order valence-electron chi connectivity index (χ3n) is 11.0. The Kier molecular flexibility index (Phi) is 38.7. The second kappa shape index (κ2) is 39.6. The minimum Gasteiger partial charge on any atom is -0.465 e. The zero-order valence-corrected chi connectivity index (χ0v) is 36.1. The van der Waals surface area contributed by atoms with Crippen LogP contribution in [0.3, 0.4) is 0 Å². The van der Waals surface area contributed by atoms with E-state index in [2.05, 4.69) is 51.6 Å². The van der Waals surface area contributed by atoms with Gasteiger partial charge in [-0.15, -0.1) is 0 Å². The third-order valence-corrected chi connectivity index (χ3v) is 11.0. The lowest BCUT2D eigenvalue weighted by Gasteiger charge is -2.24. The number of unbranched alkanes of at least 4 members (excludes halogenated alkanes) is 20. The first-order valence-corrected chi connectivity index (χ1v) is 23.0. The number of carbonyl (C=O) groups is 2. The highest BCUT2D eigenvalue weighted by molar-refractivity contribution is 5.70. The molecule has 52 heavy (non-hydrogen) atoms. The number of ether oxygens (including phenoxy) is 2. The summed E-state index contributed by atoms with van der Waals surface area (Å²) in [6.45, 7) is 13.2. The van der Waals surface area contributed by atoms with Crippen LogP contribution in [0.1, 0.15) is 220 Å². The van der Waals surface area contributed by atoms with E-state index >= 15 is 0 Å². The topological polar surface area (TPSA) is 59.1 Å². The molecule has 6 nitrogen and oxygen atoms in total. The third kappa shape index (κ3) is 35.9. The van der Waals surface area contributed by atoms with Crippen LogP contribution >= 0.6 is 0 Å². The molecule has 0 fully saturated rings. The molecule has 0 aromatic rings. The van der Waals surface area contributed by atoms with E-state index < -0.39 is 0 Å². The van der Waals surface area contributed by atoms with Crippen LogP contribution in [-0.4, -0.2) is 75.2 Å². The summed E-state index contributed by atoms with van der Waals surface area (Å²) in [6.07, 6.45) is 36.8. The van der Waals surface area contributed by atoms with Crippen molar-refractivity contribution in [3.05, 3.63) is 0 Å². The van der Waals surface area contributed by atoms with Crippen LogP contribution in [0, 0.1) is 11.8 Å². The highest BCUT2D eigenvalue weighted by Gasteiger charge is 2.17. The van der Waals surface area contributed by atoms with Crippen molar-refractivity contribution in [3.63, 3.8) is 0 Å². The molecule has 0 aromatic carbocycles. The van der Waals surface area contributed by atoms with Crippen molar-refractivity contribution >= 4 is 11.9 Å². The predicted molar refractivity (Wildman–Crippen MR) is 225 cm³/mol. The molecule has 0 saturated carbocycles. The molecule has 0 bridgehead atoms. The van der Waals surface area contributed by atoms with Gasteiger partial charge in [0.25, 0.3) is 0 Å². The van der Waals surface area contributed by atoms with Gasteiger partial charge in [-0.3, -0.25) is 9.59 Å². The average molecular weight is 737 g/mol. The van der Waals surface area contributed by atoms with Gasteiger partial charge >= 0.3 is 11.9 Å². The monoisotopic (exact) mass is 737 g/mol. The van der Waals surface area contributed by atoms with E-state index in [0.717, 1.165) is 13.1 Å². The van der Waals surface area contributed by atoms with Gasteiger partial charge in [0.15, 0.2) is 0 Å². The summed E-state index contributed by atoms with van der Waals surface area (Å²) in [5, 5.41) is 0. The standard InChI is InChI=1S/C46H92N2O4/c1-7-11-15-19-23-27-31-43(32-28-24-20-16-12-8-2)41-51-45(49)35-37-48(40-39-47(5)6)38-36-46(50)52-42-44(33-29-25-21-17-13-9-3)34-30-26-22-18-14-10-4/h43-44H,7-42H2,1-6H3. The molecule has 0 rings (SSSR count). The van der Waals surface area contributed by atoms with E-state index in [1.165, 1.54) is 180 Å². The summed E-state index contributed by atoms with van der Waals surface area (Å²) in [7, 11) is 4.14. The van der Waals surface area contributed by atoms with Gasteiger partial charge in [0, 0.05) is 26.2 Å². The molecule has 0 saturated heterocycles. The van der Waals surface area contributed by atoms with Crippen molar-refractivity contribution in [1.29, 1.82) is 0 Å². The van der Waals surface area contributed by atoms with Crippen molar-refractivity contribution in [2.45, 2.75) is 220 Å². The Bertz CT molecular complexity index is 673. The maximum absolute atomic E-state index is 13.0. The molecule has 0 spiro atoms. The first-order chi connectivity index (χ1) is 25.4. The predicted octanol–water partition coefficient (Wildman–Crippen LogP) is 13.0. The molecule has 0 heterocycles. The van der Waals surface area contributed by atoms with E-state index in [9.17, 15) is 9.59 Å². The lowest BCUT2D eigenvalue weighted by molar-refractivity contribution is -0.145. The molecule has 6 heteroatoms. The van der Waals surface area contributed by atoms with Gasteiger partial charge in [-0.2, -0.15) is 0 Å². The molecule has 0 aliphatic rings. The molecule has 0 unspecified atom stereocenters. The largest absolute Gasteiger partial charge is 0.465 e. The lowest BCUT2D eigenvalue weighted by Crippen LogP contribution is -2.35. The molecular formula is C46H92N2O4. The molecule has 310 valence electrons. The summed E-state index contributed by atoms with van der Waals surface area (Å²) >= 11 is 0. The fourth-order valence-corrected chi connectivity index (χ4v) is 7.22. The second-order valence-electron chi connectivity index (χ2n) is 16.5. The maximum atomic E-state index is 13.0. The Hall–Kier alpha value is -1.14. The summed E-state index contributed by atoms with van der Waals surface area (Å²) in [6, 6.07) is 0. The second-order valence-corrected chi connectivity index (χ2v) is 16.5. The van der Waals surface area contributed by atoms with Crippen molar-refractivity contribution in [3.8, 4) is 0 Å². The van der Waals surface area contributed by atoms with Crippen molar-refractivity contribution < 1.29 is 19.1 Å². The van der Waals surface area contributed by atoms with Crippen molar-refractivity contribution in [2.24, 2.45) is 11.8 Å². The summed E-state index contributed by atoms with van der Waals surface area (Å²) < 4.78 is 11.8. The zero-order valence-electron chi connectivity index (χ0n) is 36.1. The van der Waals surface area contributed by atoms with Crippen LogP contribution in [0.5, 0.6) is 0 Å². The van der Waals surface area contributed by atoms with Gasteiger partial charge in [-0.25, -0.2) is 0 Å². The Morgan fingerprint density at radius 2 is 0.692 bits per heavy atom. The van der Waals surface area contributed by atoms with E-state index in [-0.39, 0.29) is 11.9 Å².